The quantitative estimate of drug-likeness (QED) is 0.668. The molecule has 0 aliphatic carbocycles. The number of hydrogen-bond acceptors (Lipinski definition) is 4. The second-order valence-electron chi connectivity index (χ2n) is 6.54. The van der Waals surface area contributed by atoms with Crippen molar-refractivity contribution in [1.82, 2.24) is 0 Å². The van der Waals surface area contributed by atoms with Gasteiger partial charge in [0.15, 0.2) is 0 Å². The lowest BCUT2D eigenvalue weighted by Crippen LogP contribution is -2.28. The SMILES string of the molecule is COc1ccccc1N1C(=O)CSC1c1ccc(NC(=O)c2ccccc2)cc1. The average molecular weight is 404 g/mol. The van der Waals surface area contributed by atoms with Crippen LogP contribution in [0.4, 0.5) is 11.4 Å². The number of nitrogens with one attached hydrogen (secondary N) is 1. The topological polar surface area (TPSA) is 58.6 Å². The monoisotopic (exact) mass is 404 g/mol. The number of thioether (sulfide) groups is 1. The first-order chi connectivity index (χ1) is 14.2. The highest BCUT2D eigenvalue weighted by atomic mass is 32.2. The lowest BCUT2D eigenvalue weighted by molar-refractivity contribution is -0.115. The second kappa shape index (κ2) is 8.41. The van der Waals surface area contributed by atoms with Crippen LogP contribution in [-0.2, 0) is 4.79 Å². The van der Waals surface area contributed by atoms with Crippen LogP contribution in [0, 0.1) is 0 Å². The van der Waals surface area contributed by atoms with Crippen LogP contribution in [-0.4, -0.2) is 24.7 Å². The third-order valence-corrected chi connectivity index (χ3v) is 5.91. The Morgan fingerprint density at radius 3 is 2.41 bits per heavy atom. The van der Waals surface area contributed by atoms with E-state index in [9.17, 15) is 9.59 Å². The normalized spacial score (nSPS) is 16.0. The summed E-state index contributed by atoms with van der Waals surface area (Å²) in [5.41, 5.74) is 3.07. The molecular weight excluding hydrogens is 384 g/mol. The Labute approximate surface area is 173 Å². The molecule has 2 amide bonds. The maximum absolute atomic E-state index is 12.6. The Morgan fingerprint density at radius 1 is 1.00 bits per heavy atom. The average Bonchev–Trinajstić information content (AvgIpc) is 3.16. The number of carbonyl (C=O) groups is 2. The van der Waals surface area contributed by atoms with Crippen LogP contribution in [0.5, 0.6) is 5.75 Å². The van der Waals surface area contributed by atoms with Crippen molar-refractivity contribution >= 4 is 35.0 Å². The Kier molecular flexibility index (Phi) is 5.53. The number of anilines is 2. The minimum atomic E-state index is -0.153. The smallest absolute Gasteiger partial charge is 0.255 e. The van der Waals surface area contributed by atoms with E-state index in [1.54, 1.807) is 35.9 Å². The first-order valence-electron chi connectivity index (χ1n) is 9.20. The van der Waals surface area contributed by atoms with Gasteiger partial charge in [-0.25, -0.2) is 0 Å². The molecule has 1 unspecified atom stereocenters. The fourth-order valence-corrected chi connectivity index (χ4v) is 4.45. The van der Waals surface area contributed by atoms with Gasteiger partial charge < -0.3 is 10.1 Å². The summed E-state index contributed by atoms with van der Waals surface area (Å²) in [6, 6.07) is 24.2. The summed E-state index contributed by atoms with van der Waals surface area (Å²) in [4.78, 5) is 26.7. The number of benzene rings is 3. The molecule has 1 fully saturated rings. The Bertz CT molecular complexity index is 1020. The number of rotatable bonds is 5. The number of nitrogens with zero attached hydrogens (tertiary/aromatic N) is 1. The zero-order chi connectivity index (χ0) is 20.2. The molecule has 146 valence electrons. The molecule has 0 saturated carbocycles. The van der Waals surface area contributed by atoms with Crippen molar-refractivity contribution in [1.29, 1.82) is 0 Å². The zero-order valence-electron chi connectivity index (χ0n) is 15.9. The van der Waals surface area contributed by atoms with Gasteiger partial charge in [0.25, 0.3) is 5.91 Å². The second-order valence-corrected chi connectivity index (χ2v) is 7.61. The van der Waals surface area contributed by atoms with Crippen molar-refractivity contribution in [3.63, 3.8) is 0 Å². The molecule has 3 aromatic carbocycles. The third-order valence-electron chi connectivity index (χ3n) is 4.70. The van der Waals surface area contributed by atoms with E-state index in [1.165, 1.54) is 0 Å². The minimum Gasteiger partial charge on any atom is -0.495 e. The Morgan fingerprint density at radius 2 is 1.69 bits per heavy atom. The van der Waals surface area contributed by atoms with Gasteiger partial charge in [-0.05, 0) is 42.0 Å². The van der Waals surface area contributed by atoms with Crippen LogP contribution in [0.25, 0.3) is 0 Å². The van der Waals surface area contributed by atoms with Gasteiger partial charge in [0.1, 0.15) is 11.1 Å². The van der Waals surface area contributed by atoms with E-state index in [2.05, 4.69) is 5.32 Å². The maximum Gasteiger partial charge on any atom is 0.255 e. The predicted octanol–water partition coefficient (Wildman–Crippen LogP) is 4.73. The third kappa shape index (κ3) is 3.98. The first-order valence-corrected chi connectivity index (χ1v) is 10.3. The van der Waals surface area contributed by atoms with Crippen molar-refractivity contribution in [3.05, 3.63) is 90.0 Å². The van der Waals surface area contributed by atoms with Gasteiger partial charge in [-0.3, -0.25) is 14.5 Å². The van der Waals surface area contributed by atoms with Gasteiger partial charge >= 0.3 is 0 Å². The van der Waals surface area contributed by atoms with Crippen LogP contribution in [0.1, 0.15) is 21.3 Å². The summed E-state index contributed by atoms with van der Waals surface area (Å²) in [5, 5.41) is 2.76. The van der Waals surface area contributed by atoms with Gasteiger partial charge in [0.05, 0.1) is 18.6 Å². The molecule has 6 heteroatoms. The fourth-order valence-electron chi connectivity index (χ4n) is 3.28. The first kappa shape index (κ1) is 19.1. The molecule has 29 heavy (non-hydrogen) atoms. The summed E-state index contributed by atoms with van der Waals surface area (Å²) < 4.78 is 5.44. The summed E-state index contributed by atoms with van der Waals surface area (Å²) in [7, 11) is 1.60. The lowest BCUT2D eigenvalue weighted by atomic mass is 10.1. The van der Waals surface area contributed by atoms with E-state index < -0.39 is 0 Å². The molecule has 0 aromatic heterocycles. The molecule has 1 saturated heterocycles. The van der Waals surface area contributed by atoms with Gasteiger partial charge in [-0.1, -0.05) is 42.5 Å². The van der Waals surface area contributed by atoms with Crippen molar-refractivity contribution in [2.75, 3.05) is 23.1 Å². The number of hydrogen-bond donors (Lipinski definition) is 1. The van der Waals surface area contributed by atoms with E-state index in [0.29, 0.717) is 22.8 Å². The Hall–Kier alpha value is -3.25. The van der Waals surface area contributed by atoms with E-state index in [1.807, 2.05) is 66.7 Å². The Balaban J connectivity index is 1.55. The largest absolute Gasteiger partial charge is 0.495 e. The van der Waals surface area contributed by atoms with Crippen molar-refractivity contribution in [2.24, 2.45) is 0 Å². The molecule has 5 nitrogen and oxygen atoms in total. The molecule has 1 heterocycles. The zero-order valence-corrected chi connectivity index (χ0v) is 16.7. The van der Waals surface area contributed by atoms with E-state index in [4.69, 9.17) is 4.74 Å². The number of carbonyl (C=O) groups excluding carboxylic acids is 2. The summed E-state index contributed by atoms with van der Waals surface area (Å²) in [5.74, 6) is 0.973. The van der Waals surface area contributed by atoms with Crippen LogP contribution < -0.4 is 15.0 Å². The molecular formula is C23H20N2O3S. The number of amides is 2. The number of ether oxygens (including phenoxy) is 1. The highest BCUT2D eigenvalue weighted by molar-refractivity contribution is 8.00. The molecule has 1 aliphatic heterocycles. The summed E-state index contributed by atoms with van der Waals surface area (Å²) in [6.45, 7) is 0. The molecule has 0 spiro atoms. The van der Waals surface area contributed by atoms with Crippen molar-refractivity contribution < 1.29 is 14.3 Å². The van der Waals surface area contributed by atoms with Crippen LogP contribution >= 0.6 is 11.8 Å². The summed E-state index contributed by atoms with van der Waals surface area (Å²) >= 11 is 1.58. The van der Waals surface area contributed by atoms with Crippen molar-refractivity contribution in [2.45, 2.75) is 5.37 Å². The molecule has 1 aliphatic rings. The van der Waals surface area contributed by atoms with Crippen LogP contribution in [0.15, 0.2) is 78.9 Å². The van der Waals surface area contributed by atoms with Crippen LogP contribution in [0.2, 0.25) is 0 Å². The molecule has 3 aromatic rings. The highest BCUT2D eigenvalue weighted by Crippen LogP contribution is 2.44. The maximum atomic E-state index is 12.6. The molecule has 4 rings (SSSR count). The number of methoxy groups -OCH3 is 1. The lowest BCUT2D eigenvalue weighted by Gasteiger charge is -2.26. The molecule has 1 atom stereocenters. The van der Waals surface area contributed by atoms with E-state index in [0.717, 1.165) is 11.3 Å². The molecule has 0 radical (unpaired) electrons. The van der Waals surface area contributed by atoms with E-state index in [-0.39, 0.29) is 17.2 Å². The predicted molar refractivity (Wildman–Crippen MR) is 117 cm³/mol. The van der Waals surface area contributed by atoms with Gasteiger partial charge in [0.2, 0.25) is 5.91 Å². The van der Waals surface area contributed by atoms with Gasteiger partial charge in [-0.15, -0.1) is 11.8 Å². The molecule has 0 bridgehead atoms. The van der Waals surface area contributed by atoms with E-state index >= 15 is 0 Å². The minimum absolute atomic E-state index is 0.0472. The van der Waals surface area contributed by atoms with Crippen LogP contribution in [0.3, 0.4) is 0 Å². The summed E-state index contributed by atoms with van der Waals surface area (Å²) in [6.07, 6.45) is 0. The molecule has 1 N–H and O–H groups in total. The standard InChI is InChI=1S/C23H20N2O3S/c1-28-20-10-6-5-9-19(20)25-21(26)15-29-23(25)17-11-13-18(14-12-17)24-22(27)16-7-3-2-4-8-16/h2-14,23H,15H2,1H3,(H,24,27). The fraction of sp³-hybridized carbons (Fsp3) is 0.130. The van der Waals surface area contributed by atoms with Crippen molar-refractivity contribution in [3.8, 4) is 5.75 Å². The highest BCUT2D eigenvalue weighted by Gasteiger charge is 2.35. The van der Waals surface area contributed by atoms with Gasteiger partial charge in [-0.2, -0.15) is 0 Å². The van der Waals surface area contributed by atoms with Gasteiger partial charge in [0, 0.05) is 11.3 Å². The number of para-hydroxylation sites is 2.